The SMILES string of the molecule is O=[N+]([O-])c1cccc(/C=N/Nc2nc(N3CCCCC3)nc(N3CCCCC3)n2)c1. The highest BCUT2D eigenvalue weighted by Gasteiger charge is 2.20. The fourth-order valence-corrected chi connectivity index (χ4v) is 3.76. The number of aromatic nitrogens is 3. The Labute approximate surface area is 175 Å². The molecule has 10 heteroatoms. The number of piperidine rings is 2. The maximum absolute atomic E-state index is 10.9. The van der Waals surface area contributed by atoms with Crippen molar-refractivity contribution in [3.63, 3.8) is 0 Å². The molecule has 4 rings (SSSR count). The largest absolute Gasteiger partial charge is 0.341 e. The van der Waals surface area contributed by atoms with E-state index in [1.165, 1.54) is 31.2 Å². The zero-order valence-corrected chi connectivity index (χ0v) is 16.9. The minimum absolute atomic E-state index is 0.0267. The molecule has 2 fully saturated rings. The Hall–Kier alpha value is -3.30. The highest BCUT2D eigenvalue weighted by Crippen LogP contribution is 2.22. The van der Waals surface area contributed by atoms with Gasteiger partial charge in [-0.3, -0.25) is 10.1 Å². The molecule has 0 aliphatic carbocycles. The van der Waals surface area contributed by atoms with Crippen molar-refractivity contribution in [2.45, 2.75) is 38.5 Å². The predicted octanol–water partition coefficient (Wildman–Crippen LogP) is 3.21. The maximum Gasteiger partial charge on any atom is 0.270 e. The summed E-state index contributed by atoms with van der Waals surface area (Å²) in [5, 5.41) is 15.1. The van der Waals surface area contributed by atoms with Gasteiger partial charge in [0.05, 0.1) is 11.1 Å². The second kappa shape index (κ2) is 9.47. The van der Waals surface area contributed by atoms with Crippen LogP contribution in [0.1, 0.15) is 44.1 Å². The fourth-order valence-electron chi connectivity index (χ4n) is 3.76. The molecule has 0 atom stereocenters. The first-order valence-electron chi connectivity index (χ1n) is 10.5. The Bertz CT molecular complexity index is 871. The normalized spacial score (nSPS) is 17.3. The van der Waals surface area contributed by atoms with Crippen molar-refractivity contribution in [2.75, 3.05) is 41.4 Å². The lowest BCUT2D eigenvalue weighted by Crippen LogP contribution is -2.34. The van der Waals surface area contributed by atoms with Crippen molar-refractivity contribution in [2.24, 2.45) is 5.10 Å². The molecule has 0 amide bonds. The van der Waals surface area contributed by atoms with E-state index in [2.05, 4.69) is 30.3 Å². The molecule has 0 radical (unpaired) electrons. The standard InChI is InChI=1S/C20H26N8O2/c29-28(30)17-9-7-8-16(14-17)15-21-25-18-22-19(26-10-3-1-4-11-26)24-20(23-18)27-12-5-2-6-13-27/h7-9,14-15H,1-6,10-13H2,(H,22,23,24,25)/b21-15+. The minimum atomic E-state index is -0.424. The van der Waals surface area contributed by atoms with Gasteiger partial charge in [-0.25, -0.2) is 5.43 Å². The van der Waals surface area contributed by atoms with Crippen molar-refractivity contribution in [3.8, 4) is 0 Å². The van der Waals surface area contributed by atoms with Crippen LogP contribution in [0.2, 0.25) is 0 Å². The van der Waals surface area contributed by atoms with Crippen molar-refractivity contribution >= 4 is 29.7 Å². The Balaban J connectivity index is 1.54. The summed E-state index contributed by atoms with van der Waals surface area (Å²) in [5.41, 5.74) is 3.53. The first-order chi connectivity index (χ1) is 14.7. The van der Waals surface area contributed by atoms with Gasteiger partial charge in [0.25, 0.3) is 5.69 Å². The van der Waals surface area contributed by atoms with E-state index in [4.69, 9.17) is 4.98 Å². The zero-order valence-electron chi connectivity index (χ0n) is 16.9. The molecule has 1 aromatic heterocycles. The van der Waals surface area contributed by atoms with Gasteiger partial charge in [-0.2, -0.15) is 20.1 Å². The molecule has 0 unspecified atom stereocenters. The lowest BCUT2D eigenvalue weighted by atomic mass is 10.1. The van der Waals surface area contributed by atoms with Gasteiger partial charge in [0, 0.05) is 43.9 Å². The van der Waals surface area contributed by atoms with Crippen molar-refractivity contribution in [3.05, 3.63) is 39.9 Å². The molecular weight excluding hydrogens is 384 g/mol. The third kappa shape index (κ3) is 5.00. The van der Waals surface area contributed by atoms with E-state index in [-0.39, 0.29) is 5.69 Å². The number of nitrogens with one attached hydrogen (secondary N) is 1. The number of nitro groups is 1. The smallest absolute Gasteiger partial charge is 0.270 e. The van der Waals surface area contributed by atoms with Gasteiger partial charge in [-0.05, 0) is 38.5 Å². The topological polar surface area (TPSA) is 113 Å². The fraction of sp³-hybridized carbons (Fsp3) is 0.500. The Kier molecular flexibility index (Phi) is 6.31. The predicted molar refractivity (Wildman–Crippen MR) is 116 cm³/mol. The molecule has 2 saturated heterocycles. The molecular formula is C20H26N8O2. The number of non-ortho nitro benzene ring substituents is 1. The lowest BCUT2D eigenvalue weighted by molar-refractivity contribution is -0.384. The molecule has 3 heterocycles. The molecule has 0 saturated carbocycles. The van der Waals surface area contributed by atoms with E-state index in [1.807, 2.05) is 0 Å². The van der Waals surface area contributed by atoms with E-state index in [0.717, 1.165) is 51.9 Å². The summed E-state index contributed by atoms with van der Waals surface area (Å²) in [5.74, 6) is 1.74. The van der Waals surface area contributed by atoms with Crippen LogP contribution >= 0.6 is 0 Å². The first kappa shape index (κ1) is 20.0. The zero-order chi connectivity index (χ0) is 20.8. The van der Waals surface area contributed by atoms with Crippen LogP contribution in [0.3, 0.4) is 0 Å². The van der Waals surface area contributed by atoms with Gasteiger partial charge < -0.3 is 9.80 Å². The summed E-state index contributed by atoms with van der Waals surface area (Å²) in [6, 6.07) is 6.30. The number of hydrogen-bond acceptors (Lipinski definition) is 9. The van der Waals surface area contributed by atoms with Crippen LogP contribution in [0.25, 0.3) is 0 Å². The van der Waals surface area contributed by atoms with Gasteiger partial charge in [0.15, 0.2) is 0 Å². The minimum Gasteiger partial charge on any atom is -0.341 e. The van der Waals surface area contributed by atoms with Gasteiger partial charge >= 0.3 is 0 Å². The van der Waals surface area contributed by atoms with E-state index in [9.17, 15) is 10.1 Å². The molecule has 10 nitrogen and oxygen atoms in total. The lowest BCUT2D eigenvalue weighted by Gasteiger charge is -2.30. The highest BCUT2D eigenvalue weighted by molar-refractivity contribution is 5.81. The van der Waals surface area contributed by atoms with Gasteiger partial charge in [-0.1, -0.05) is 12.1 Å². The van der Waals surface area contributed by atoms with Crippen molar-refractivity contribution < 1.29 is 4.92 Å². The Morgan fingerprint density at radius 2 is 1.53 bits per heavy atom. The monoisotopic (exact) mass is 410 g/mol. The molecule has 158 valence electrons. The molecule has 0 bridgehead atoms. The summed E-state index contributed by atoms with van der Waals surface area (Å²) in [6.07, 6.45) is 8.55. The average Bonchev–Trinajstić information content (AvgIpc) is 2.80. The summed E-state index contributed by atoms with van der Waals surface area (Å²) in [7, 11) is 0. The number of nitrogens with zero attached hydrogens (tertiary/aromatic N) is 7. The van der Waals surface area contributed by atoms with Gasteiger partial charge in [-0.15, -0.1) is 0 Å². The number of hydrazone groups is 1. The van der Waals surface area contributed by atoms with E-state index in [1.54, 1.807) is 12.1 Å². The number of anilines is 3. The highest BCUT2D eigenvalue weighted by atomic mass is 16.6. The van der Waals surface area contributed by atoms with E-state index < -0.39 is 4.92 Å². The van der Waals surface area contributed by atoms with Crippen LogP contribution in [-0.4, -0.2) is 52.3 Å². The molecule has 2 aliphatic rings. The van der Waals surface area contributed by atoms with Gasteiger partial charge in [0.1, 0.15) is 0 Å². The van der Waals surface area contributed by atoms with Crippen LogP contribution in [-0.2, 0) is 0 Å². The molecule has 30 heavy (non-hydrogen) atoms. The number of hydrogen-bond donors (Lipinski definition) is 1. The molecule has 2 aromatic rings. The van der Waals surface area contributed by atoms with Crippen LogP contribution < -0.4 is 15.2 Å². The van der Waals surface area contributed by atoms with Crippen LogP contribution in [0.4, 0.5) is 23.5 Å². The maximum atomic E-state index is 10.9. The average molecular weight is 410 g/mol. The van der Waals surface area contributed by atoms with Crippen LogP contribution in [0.15, 0.2) is 29.4 Å². The quantitative estimate of drug-likeness (QED) is 0.439. The molecule has 1 aromatic carbocycles. The van der Waals surface area contributed by atoms with Crippen molar-refractivity contribution in [1.82, 2.24) is 15.0 Å². The summed E-state index contributed by atoms with van der Waals surface area (Å²) >= 11 is 0. The van der Waals surface area contributed by atoms with E-state index >= 15 is 0 Å². The van der Waals surface area contributed by atoms with Crippen LogP contribution in [0, 0.1) is 10.1 Å². The van der Waals surface area contributed by atoms with Crippen molar-refractivity contribution in [1.29, 1.82) is 0 Å². The molecule has 2 aliphatic heterocycles. The van der Waals surface area contributed by atoms with Gasteiger partial charge in [0.2, 0.25) is 17.8 Å². The Morgan fingerprint density at radius 3 is 2.10 bits per heavy atom. The van der Waals surface area contributed by atoms with E-state index in [0.29, 0.717) is 23.4 Å². The summed E-state index contributed by atoms with van der Waals surface area (Å²) < 4.78 is 0. The van der Waals surface area contributed by atoms with Crippen LogP contribution in [0.5, 0.6) is 0 Å². The number of benzene rings is 1. The second-order valence-corrected chi connectivity index (χ2v) is 7.58. The summed E-state index contributed by atoms with van der Waals surface area (Å²) in [6.45, 7) is 3.78. The number of rotatable bonds is 6. The Morgan fingerprint density at radius 1 is 0.933 bits per heavy atom. The molecule has 0 spiro atoms. The summed E-state index contributed by atoms with van der Waals surface area (Å²) in [4.78, 5) is 28.8. The first-order valence-corrected chi connectivity index (χ1v) is 10.5. The second-order valence-electron chi connectivity index (χ2n) is 7.58. The third-order valence-electron chi connectivity index (χ3n) is 5.35. The molecule has 1 N–H and O–H groups in total. The third-order valence-corrected chi connectivity index (χ3v) is 5.35. The number of nitro benzene ring substituents is 1.